The zero-order valence-corrected chi connectivity index (χ0v) is 9.90. The minimum atomic E-state index is 0.314. The molecule has 0 spiro atoms. The molecule has 1 aliphatic heterocycles. The predicted octanol–water partition coefficient (Wildman–Crippen LogP) is 1.60. The van der Waals surface area contributed by atoms with Crippen molar-refractivity contribution in [3.63, 3.8) is 0 Å². The molecule has 1 aliphatic rings. The van der Waals surface area contributed by atoms with Crippen molar-refractivity contribution in [2.24, 2.45) is 5.92 Å². The number of nitrogen functional groups attached to an aromatic ring is 1. The zero-order chi connectivity index (χ0) is 11.8. The molecule has 1 fully saturated rings. The van der Waals surface area contributed by atoms with E-state index in [1.54, 1.807) is 6.07 Å². The van der Waals surface area contributed by atoms with Crippen molar-refractivity contribution in [3.8, 4) is 0 Å². The molecular formula is C12H17N5. The number of hydrogen-bond donors (Lipinski definition) is 3. The van der Waals surface area contributed by atoms with Gasteiger partial charge in [0.15, 0.2) is 5.65 Å². The summed E-state index contributed by atoms with van der Waals surface area (Å²) >= 11 is 0. The highest BCUT2D eigenvalue weighted by atomic mass is 15.1. The Labute approximate surface area is 99.8 Å². The van der Waals surface area contributed by atoms with Crippen LogP contribution < -0.4 is 11.1 Å². The number of piperidine rings is 1. The predicted molar refractivity (Wildman–Crippen MR) is 67.4 cm³/mol. The molecule has 2 unspecified atom stereocenters. The lowest BCUT2D eigenvalue weighted by atomic mass is 9.94. The highest BCUT2D eigenvalue weighted by molar-refractivity contribution is 5.72. The number of aromatic amines is 1. The third-order valence-corrected chi connectivity index (χ3v) is 3.38. The van der Waals surface area contributed by atoms with E-state index in [1.165, 1.54) is 6.42 Å². The van der Waals surface area contributed by atoms with Crippen LogP contribution in [0.3, 0.4) is 0 Å². The van der Waals surface area contributed by atoms with Gasteiger partial charge in [0.05, 0.1) is 11.6 Å². The molecule has 5 nitrogen and oxygen atoms in total. The van der Waals surface area contributed by atoms with Crippen molar-refractivity contribution in [2.45, 2.75) is 25.8 Å². The Hall–Kier alpha value is -1.62. The topological polar surface area (TPSA) is 79.6 Å². The summed E-state index contributed by atoms with van der Waals surface area (Å²) in [5, 5.41) is 3.49. The number of imidazole rings is 1. The van der Waals surface area contributed by atoms with Crippen molar-refractivity contribution >= 4 is 17.0 Å². The summed E-state index contributed by atoms with van der Waals surface area (Å²) in [6.07, 6.45) is 2.36. The fourth-order valence-corrected chi connectivity index (χ4v) is 2.41. The number of nitrogens with zero attached hydrogens (tertiary/aromatic N) is 2. The second kappa shape index (κ2) is 4.00. The van der Waals surface area contributed by atoms with Crippen molar-refractivity contribution in [1.82, 2.24) is 20.3 Å². The van der Waals surface area contributed by atoms with Gasteiger partial charge in [0.2, 0.25) is 0 Å². The minimum absolute atomic E-state index is 0.314. The van der Waals surface area contributed by atoms with E-state index in [0.717, 1.165) is 30.2 Å². The van der Waals surface area contributed by atoms with E-state index in [2.05, 4.69) is 27.2 Å². The summed E-state index contributed by atoms with van der Waals surface area (Å²) in [7, 11) is 0. The fourth-order valence-electron chi connectivity index (χ4n) is 2.41. The number of fused-ring (bicyclic) bond motifs is 1. The Morgan fingerprint density at radius 3 is 3.06 bits per heavy atom. The molecule has 2 aromatic rings. The van der Waals surface area contributed by atoms with Crippen LogP contribution in [0.2, 0.25) is 0 Å². The van der Waals surface area contributed by atoms with E-state index < -0.39 is 0 Å². The largest absolute Gasteiger partial charge is 0.384 e. The van der Waals surface area contributed by atoms with Crippen molar-refractivity contribution in [3.05, 3.63) is 18.0 Å². The summed E-state index contributed by atoms with van der Waals surface area (Å²) in [6, 6.07) is 4.04. The third kappa shape index (κ3) is 1.98. The van der Waals surface area contributed by atoms with Gasteiger partial charge in [-0.1, -0.05) is 6.92 Å². The van der Waals surface area contributed by atoms with Crippen molar-refractivity contribution < 1.29 is 0 Å². The molecule has 17 heavy (non-hydrogen) atoms. The maximum Gasteiger partial charge on any atom is 0.179 e. The Morgan fingerprint density at radius 2 is 2.24 bits per heavy atom. The highest BCUT2D eigenvalue weighted by Gasteiger charge is 2.22. The maximum atomic E-state index is 5.65. The number of nitrogens with two attached hydrogens (primary N) is 1. The molecule has 5 heteroatoms. The number of hydrogen-bond acceptors (Lipinski definition) is 4. The average molecular weight is 231 g/mol. The van der Waals surface area contributed by atoms with Gasteiger partial charge in [-0.15, -0.1) is 0 Å². The number of nitrogens with one attached hydrogen (secondary N) is 2. The molecule has 0 amide bonds. The van der Waals surface area contributed by atoms with Gasteiger partial charge in [0.1, 0.15) is 11.6 Å². The molecule has 0 radical (unpaired) electrons. The highest BCUT2D eigenvalue weighted by Crippen LogP contribution is 2.26. The first-order valence-corrected chi connectivity index (χ1v) is 6.08. The molecular weight excluding hydrogens is 214 g/mol. The first kappa shape index (κ1) is 10.5. The van der Waals surface area contributed by atoms with E-state index in [4.69, 9.17) is 5.73 Å². The van der Waals surface area contributed by atoms with Gasteiger partial charge in [0.25, 0.3) is 0 Å². The molecule has 0 aliphatic carbocycles. The average Bonchev–Trinajstić information content (AvgIpc) is 2.72. The first-order chi connectivity index (χ1) is 8.22. The SMILES string of the molecule is CC1CCNC(c2nc3nc(N)ccc3[nH]2)C1. The van der Waals surface area contributed by atoms with Crippen molar-refractivity contribution in [1.29, 1.82) is 0 Å². The van der Waals surface area contributed by atoms with Gasteiger partial charge in [-0.2, -0.15) is 0 Å². The van der Waals surface area contributed by atoms with Crippen LogP contribution in [0.1, 0.15) is 31.6 Å². The Kier molecular flexibility index (Phi) is 2.48. The number of aromatic nitrogens is 3. The Morgan fingerprint density at radius 1 is 1.35 bits per heavy atom. The standard InChI is InChI=1S/C12H17N5/c1-7-4-5-14-9(6-7)12-15-8-2-3-10(13)16-11(8)17-12/h2-3,7,9,14H,4-6H2,1H3,(H3,13,15,16,17). The molecule has 3 heterocycles. The Bertz CT molecular complexity index is 533. The molecule has 2 atom stereocenters. The summed E-state index contributed by atoms with van der Waals surface area (Å²) in [5.41, 5.74) is 7.31. The number of rotatable bonds is 1. The maximum absolute atomic E-state index is 5.65. The van der Waals surface area contributed by atoms with Crippen LogP contribution in [0.4, 0.5) is 5.82 Å². The smallest absolute Gasteiger partial charge is 0.179 e. The van der Waals surface area contributed by atoms with Crippen molar-refractivity contribution in [2.75, 3.05) is 12.3 Å². The van der Waals surface area contributed by atoms with Gasteiger partial charge in [-0.3, -0.25) is 0 Å². The van der Waals surface area contributed by atoms with Crippen LogP contribution in [0, 0.1) is 5.92 Å². The summed E-state index contributed by atoms with van der Waals surface area (Å²) < 4.78 is 0. The number of anilines is 1. The van der Waals surface area contributed by atoms with Gasteiger partial charge in [-0.25, -0.2) is 9.97 Å². The lowest BCUT2D eigenvalue weighted by Crippen LogP contribution is -2.31. The van der Waals surface area contributed by atoms with Gasteiger partial charge in [-0.05, 0) is 37.4 Å². The molecule has 4 N–H and O–H groups in total. The summed E-state index contributed by atoms with van der Waals surface area (Å²) in [6.45, 7) is 3.34. The summed E-state index contributed by atoms with van der Waals surface area (Å²) in [4.78, 5) is 12.1. The van der Waals surface area contributed by atoms with E-state index in [0.29, 0.717) is 17.5 Å². The quantitative estimate of drug-likeness (QED) is 0.696. The van der Waals surface area contributed by atoms with Crippen LogP contribution in [0.15, 0.2) is 12.1 Å². The van der Waals surface area contributed by atoms with Gasteiger partial charge >= 0.3 is 0 Å². The molecule has 90 valence electrons. The van der Waals surface area contributed by atoms with Crippen LogP contribution in [0.25, 0.3) is 11.2 Å². The molecule has 2 aromatic heterocycles. The molecule has 0 aromatic carbocycles. The lowest BCUT2D eigenvalue weighted by Gasteiger charge is -2.26. The zero-order valence-electron chi connectivity index (χ0n) is 9.90. The molecule has 0 bridgehead atoms. The van der Waals surface area contributed by atoms with Gasteiger partial charge in [0, 0.05) is 0 Å². The monoisotopic (exact) mass is 231 g/mol. The molecule has 0 saturated carbocycles. The van der Waals surface area contributed by atoms with Crippen LogP contribution in [0.5, 0.6) is 0 Å². The second-order valence-electron chi connectivity index (χ2n) is 4.87. The molecule has 3 rings (SSSR count). The Balaban J connectivity index is 1.94. The lowest BCUT2D eigenvalue weighted by molar-refractivity contribution is 0.317. The number of H-pyrrole nitrogens is 1. The summed E-state index contributed by atoms with van der Waals surface area (Å²) in [5.74, 6) is 2.23. The van der Waals surface area contributed by atoms with Crippen LogP contribution in [-0.4, -0.2) is 21.5 Å². The third-order valence-electron chi connectivity index (χ3n) is 3.38. The first-order valence-electron chi connectivity index (χ1n) is 6.08. The van der Waals surface area contributed by atoms with Crippen LogP contribution >= 0.6 is 0 Å². The van der Waals surface area contributed by atoms with E-state index in [9.17, 15) is 0 Å². The van der Waals surface area contributed by atoms with E-state index >= 15 is 0 Å². The molecule has 1 saturated heterocycles. The second-order valence-corrected chi connectivity index (χ2v) is 4.87. The number of pyridine rings is 1. The normalized spacial score (nSPS) is 25.2. The van der Waals surface area contributed by atoms with Crippen LogP contribution in [-0.2, 0) is 0 Å². The van der Waals surface area contributed by atoms with E-state index in [-0.39, 0.29) is 0 Å². The minimum Gasteiger partial charge on any atom is -0.384 e. The fraction of sp³-hybridized carbons (Fsp3) is 0.500. The van der Waals surface area contributed by atoms with E-state index in [1.807, 2.05) is 6.07 Å². The van der Waals surface area contributed by atoms with Gasteiger partial charge < -0.3 is 16.0 Å².